The molecule has 0 aliphatic rings. The summed E-state index contributed by atoms with van der Waals surface area (Å²) in [6.45, 7) is 6.94. The van der Waals surface area contributed by atoms with Crippen LogP contribution in [0.25, 0.3) is 0 Å². The Morgan fingerprint density at radius 3 is 2.76 bits per heavy atom. The molecule has 1 rings (SSSR count). The summed E-state index contributed by atoms with van der Waals surface area (Å²) in [7, 11) is 1.64. The average molecular weight is 235 g/mol. The molecule has 0 saturated heterocycles. The van der Waals surface area contributed by atoms with Gasteiger partial charge in [-0.2, -0.15) is 0 Å². The van der Waals surface area contributed by atoms with Crippen molar-refractivity contribution in [3.05, 3.63) is 23.8 Å². The minimum Gasteiger partial charge on any atom is -0.495 e. The second-order valence-corrected chi connectivity index (χ2v) is 4.45. The van der Waals surface area contributed by atoms with Crippen LogP contribution in [0.5, 0.6) is 5.75 Å². The van der Waals surface area contributed by atoms with E-state index in [0.29, 0.717) is 18.4 Å². The molecule has 0 saturated carbocycles. The zero-order valence-corrected chi connectivity index (χ0v) is 10.9. The minimum absolute atomic E-state index is 0.419. The first-order valence-electron chi connectivity index (χ1n) is 5.74. The van der Waals surface area contributed by atoms with Gasteiger partial charge in [-0.05, 0) is 30.5 Å². The zero-order chi connectivity index (χ0) is 12.8. The normalized spacial score (nSPS) is 11.7. The van der Waals surface area contributed by atoms with Crippen molar-refractivity contribution in [2.45, 2.75) is 20.8 Å². The highest BCUT2D eigenvalue weighted by atomic mass is 16.5. The highest BCUT2D eigenvalue weighted by Gasteiger charge is 2.04. The predicted octanol–water partition coefficient (Wildman–Crippen LogP) is 2.39. The number of hydrogen-bond acceptors (Lipinski definition) is 2. The summed E-state index contributed by atoms with van der Waals surface area (Å²) in [6, 6.07) is 5.88. The molecule has 0 radical (unpaired) electrons. The number of aliphatic imine (C=N–C) groups is 1. The molecular weight excluding hydrogens is 214 g/mol. The summed E-state index contributed by atoms with van der Waals surface area (Å²) < 4.78 is 5.25. The number of benzene rings is 1. The van der Waals surface area contributed by atoms with E-state index < -0.39 is 0 Å². The van der Waals surface area contributed by atoms with E-state index in [1.807, 2.05) is 25.1 Å². The van der Waals surface area contributed by atoms with Gasteiger partial charge in [0.1, 0.15) is 5.75 Å². The highest BCUT2D eigenvalue weighted by Crippen LogP contribution is 2.24. The van der Waals surface area contributed by atoms with Crippen molar-refractivity contribution in [2.24, 2.45) is 16.6 Å². The van der Waals surface area contributed by atoms with Crippen molar-refractivity contribution in [1.82, 2.24) is 0 Å². The number of anilines is 1. The SMILES string of the molecule is COc1ccc(C)cc1NC(N)=NCC(C)C. The van der Waals surface area contributed by atoms with Crippen molar-refractivity contribution < 1.29 is 4.74 Å². The molecule has 0 aliphatic carbocycles. The van der Waals surface area contributed by atoms with Crippen molar-refractivity contribution in [1.29, 1.82) is 0 Å². The molecule has 0 bridgehead atoms. The fraction of sp³-hybridized carbons (Fsp3) is 0.462. The van der Waals surface area contributed by atoms with Crippen LogP contribution in [-0.2, 0) is 0 Å². The third-order valence-electron chi connectivity index (χ3n) is 2.24. The molecule has 4 heteroatoms. The van der Waals surface area contributed by atoms with Crippen LogP contribution in [0.1, 0.15) is 19.4 Å². The van der Waals surface area contributed by atoms with Crippen LogP contribution in [0.15, 0.2) is 23.2 Å². The van der Waals surface area contributed by atoms with Gasteiger partial charge in [-0.15, -0.1) is 0 Å². The number of guanidine groups is 1. The Labute approximate surface area is 103 Å². The fourth-order valence-corrected chi connectivity index (χ4v) is 1.38. The molecule has 0 aromatic heterocycles. The zero-order valence-electron chi connectivity index (χ0n) is 10.9. The van der Waals surface area contributed by atoms with Gasteiger partial charge in [0, 0.05) is 6.54 Å². The second kappa shape index (κ2) is 6.13. The molecule has 4 nitrogen and oxygen atoms in total. The molecule has 0 unspecified atom stereocenters. The molecule has 0 atom stereocenters. The maximum absolute atomic E-state index is 5.81. The summed E-state index contributed by atoms with van der Waals surface area (Å²) in [6.07, 6.45) is 0. The van der Waals surface area contributed by atoms with E-state index in [0.717, 1.165) is 17.0 Å². The summed E-state index contributed by atoms with van der Waals surface area (Å²) in [5.74, 6) is 1.68. The van der Waals surface area contributed by atoms with Gasteiger partial charge in [0.15, 0.2) is 5.96 Å². The molecule has 1 aromatic rings. The molecule has 0 heterocycles. The Hall–Kier alpha value is -1.71. The monoisotopic (exact) mass is 235 g/mol. The fourth-order valence-electron chi connectivity index (χ4n) is 1.38. The lowest BCUT2D eigenvalue weighted by Crippen LogP contribution is -2.23. The molecular formula is C13H21N3O. The van der Waals surface area contributed by atoms with Gasteiger partial charge in [0.2, 0.25) is 0 Å². The summed E-state index contributed by atoms with van der Waals surface area (Å²) in [4.78, 5) is 4.25. The topological polar surface area (TPSA) is 59.6 Å². The maximum Gasteiger partial charge on any atom is 0.193 e. The number of nitrogens with two attached hydrogens (primary N) is 1. The van der Waals surface area contributed by atoms with E-state index in [-0.39, 0.29) is 0 Å². The van der Waals surface area contributed by atoms with E-state index in [1.54, 1.807) is 7.11 Å². The van der Waals surface area contributed by atoms with Crippen LogP contribution in [0, 0.1) is 12.8 Å². The molecule has 0 spiro atoms. The van der Waals surface area contributed by atoms with Gasteiger partial charge < -0.3 is 15.8 Å². The van der Waals surface area contributed by atoms with Crippen molar-refractivity contribution in [3.8, 4) is 5.75 Å². The Balaban J connectivity index is 2.79. The molecule has 1 aromatic carbocycles. The molecule has 3 N–H and O–H groups in total. The standard InChI is InChI=1S/C13H21N3O/c1-9(2)8-15-13(14)16-11-7-10(3)5-6-12(11)17-4/h5-7,9H,8H2,1-4H3,(H3,14,15,16). The smallest absolute Gasteiger partial charge is 0.193 e. The van der Waals surface area contributed by atoms with Crippen LogP contribution in [0.2, 0.25) is 0 Å². The molecule has 0 aliphatic heterocycles. The quantitative estimate of drug-likeness (QED) is 0.622. The molecule has 0 fully saturated rings. The van der Waals surface area contributed by atoms with E-state index >= 15 is 0 Å². The first-order valence-corrected chi connectivity index (χ1v) is 5.74. The number of ether oxygens (including phenoxy) is 1. The number of nitrogens with one attached hydrogen (secondary N) is 1. The summed E-state index contributed by atoms with van der Waals surface area (Å²) in [5, 5.41) is 3.06. The third-order valence-corrected chi connectivity index (χ3v) is 2.24. The first-order chi connectivity index (χ1) is 8.02. The van der Waals surface area contributed by atoms with Crippen LogP contribution in [-0.4, -0.2) is 19.6 Å². The lowest BCUT2D eigenvalue weighted by Gasteiger charge is -2.11. The molecule has 0 amide bonds. The maximum atomic E-state index is 5.81. The minimum atomic E-state index is 0.419. The lowest BCUT2D eigenvalue weighted by atomic mass is 10.2. The van der Waals surface area contributed by atoms with E-state index in [4.69, 9.17) is 10.5 Å². The van der Waals surface area contributed by atoms with Gasteiger partial charge in [0.05, 0.1) is 12.8 Å². The Kier molecular flexibility index (Phi) is 4.82. The molecule has 94 valence electrons. The average Bonchev–Trinajstić information content (AvgIpc) is 2.27. The van der Waals surface area contributed by atoms with E-state index in [9.17, 15) is 0 Å². The van der Waals surface area contributed by atoms with Gasteiger partial charge >= 0.3 is 0 Å². The van der Waals surface area contributed by atoms with Crippen molar-refractivity contribution in [2.75, 3.05) is 19.0 Å². The van der Waals surface area contributed by atoms with E-state index in [2.05, 4.69) is 24.2 Å². The van der Waals surface area contributed by atoms with Gasteiger partial charge in [-0.25, -0.2) is 0 Å². The number of nitrogens with zero attached hydrogens (tertiary/aromatic N) is 1. The van der Waals surface area contributed by atoms with Crippen LogP contribution >= 0.6 is 0 Å². The predicted molar refractivity (Wildman–Crippen MR) is 72.7 cm³/mol. The Morgan fingerprint density at radius 1 is 1.47 bits per heavy atom. The van der Waals surface area contributed by atoms with Crippen molar-refractivity contribution >= 4 is 11.6 Å². The highest BCUT2D eigenvalue weighted by molar-refractivity contribution is 5.93. The van der Waals surface area contributed by atoms with Gasteiger partial charge in [0.25, 0.3) is 0 Å². The Bertz CT molecular complexity index is 400. The largest absolute Gasteiger partial charge is 0.495 e. The first kappa shape index (κ1) is 13.4. The number of rotatable bonds is 4. The Morgan fingerprint density at radius 2 is 2.18 bits per heavy atom. The number of aryl methyl sites for hydroxylation is 1. The van der Waals surface area contributed by atoms with Crippen molar-refractivity contribution in [3.63, 3.8) is 0 Å². The molecule has 17 heavy (non-hydrogen) atoms. The number of methoxy groups -OCH3 is 1. The van der Waals surface area contributed by atoms with Crippen LogP contribution < -0.4 is 15.8 Å². The van der Waals surface area contributed by atoms with Gasteiger partial charge in [-0.1, -0.05) is 19.9 Å². The second-order valence-electron chi connectivity index (χ2n) is 4.45. The summed E-state index contributed by atoms with van der Waals surface area (Å²) in [5.41, 5.74) is 7.80. The van der Waals surface area contributed by atoms with Crippen LogP contribution in [0.4, 0.5) is 5.69 Å². The van der Waals surface area contributed by atoms with E-state index in [1.165, 1.54) is 0 Å². The summed E-state index contributed by atoms with van der Waals surface area (Å²) >= 11 is 0. The lowest BCUT2D eigenvalue weighted by molar-refractivity contribution is 0.417. The van der Waals surface area contributed by atoms with Gasteiger partial charge in [-0.3, -0.25) is 4.99 Å². The third kappa shape index (κ3) is 4.34. The number of hydrogen-bond donors (Lipinski definition) is 2. The van der Waals surface area contributed by atoms with Crippen LogP contribution in [0.3, 0.4) is 0 Å².